The number of carbonyl (C=O) groups is 1. The first-order valence-corrected chi connectivity index (χ1v) is 10.2. The van der Waals surface area contributed by atoms with E-state index in [-0.39, 0.29) is 5.78 Å². The molecule has 2 aromatic carbocycles. The third-order valence-electron chi connectivity index (χ3n) is 5.09. The van der Waals surface area contributed by atoms with Crippen molar-refractivity contribution in [1.29, 1.82) is 0 Å². The van der Waals surface area contributed by atoms with Gasteiger partial charge >= 0.3 is 0 Å². The number of aromatic nitrogens is 2. The zero-order chi connectivity index (χ0) is 19.9. The predicted octanol–water partition coefficient (Wildman–Crippen LogP) is 6.27. The molecular weight excluding hydrogens is 360 g/mol. The fraction of sp³-hybridized carbons (Fsp3) is 0.240. The van der Waals surface area contributed by atoms with Gasteiger partial charge in [-0.2, -0.15) is 0 Å². The summed E-state index contributed by atoms with van der Waals surface area (Å²) in [7, 11) is 0. The molecule has 0 radical (unpaired) electrons. The summed E-state index contributed by atoms with van der Waals surface area (Å²) in [6.07, 6.45) is 8.91. The molecule has 0 N–H and O–H groups in total. The fourth-order valence-corrected chi connectivity index (χ4v) is 3.48. The molecule has 4 heteroatoms. The SMILES string of the molecule is O=C(CCCCCCc1ncc(-c2ccccn2)o1)c1ccc2ccccc2c1. The van der Waals surface area contributed by atoms with E-state index in [1.165, 1.54) is 5.39 Å². The molecule has 0 saturated carbocycles. The molecule has 0 bridgehead atoms. The first-order valence-electron chi connectivity index (χ1n) is 10.2. The van der Waals surface area contributed by atoms with E-state index in [0.29, 0.717) is 12.2 Å². The minimum atomic E-state index is 0.225. The second-order valence-corrected chi connectivity index (χ2v) is 7.23. The molecule has 146 valence electrons. The lowest BCUT2D eigenvalue weighted by atomic mass is 10.0. The highest BCUT2D eigenvalue weighted by Crippen LogP contribution is 2.20. The van der Waals surface area contributed by atoms with Gasteiger partial charge in [0.1, 0.15) is 5.69 Å². The maximum atomic E-state index is 12.4. The summed E-state index contributed by atoms with van der Waals surface area (Å²) in [6.45, 7) is 0. The van der Waals surface area contributed by atoms with E-state index >= 15 is 0 Å². The number of ketones is 1. The minimum Gasteiger partial charge on any atom is -0.439 e. The fourth-order valence-electron chi connectivity index (χ4n) is 3.48. The Labute approximate surface area is 170 Å². The molecular formula is C25H24N2O2. The monoisotopic (exact) mass is 384 g/mol. The molecule has 4 rings (SSSR count). The summed E-state index contributed by atoms with van der Waals surface area (Å²) >= 11 is 0. The van der Waals surface area contributed by atoms with Gasteiger partial charge < -0.3 is 4.42 Å². The quantitative estimate of drug-likeness (QED) is 0.252. The van der Waals surface area contributed by atoms with Crippen LogP contribution in [0.5, 0.6) is 0 Å². The van der Waals surface area contributed by atoms with Crippen molar-refractivity contribution >= 4 is 16.6 Å². The highest BCUT2D eigenvalue weighted by atomic mass is 16.4. The van der Waals surface area contributed by atoms with Crippen molar-refractivity contribution in [3.63, 3.8) is 0 Å². The van der Waals surface area contributed by atoms with Gasteiger partial charge in [-0.3, -0.25) is 9.78 Å². The third-order valence-corrected chi connectivity index (χ3v) is 5.09. The van der Waals surface area contributed by atoms with Crippen molar-refractivity contribution in [1.82, 2.24) is 9.97 Å². The molecule has 4 aromatic rings. The van der Waals surface area contributed by atoms with Crippen LogP contribution in [0, 0.1) is 0 Å². The van der Waals surface area contributed by atoms with Crippen molar-refractivity contribution in [3.8, 4) is 11.5 Å². The van der Waals surface area contributed by atoms with Crippen LogP contribution in [0.15, 0.2) is 77.5 Å². The van der Waals surface area contributed by atoms with Gasteiger partial charge in [0, 0.05) is 24.6 Å². The van der Waals surface area contributed by atoms with Crippen LogP contribution in [0.3, 0.4) is 0 Å². The second-order valence-electron chi connectivity index (χ2n) is 7.23. The van der Waals surface area contributed by atoms with E-state index in [0.717, 1.165) is 54.6 Å². The van der Waals surface area contributed by atoms with Crippen LogP contribution in [0.25, 0.3) is 22.2 Å². The number of nitrogens with zero attached hydrogens (tertiary/aromatic N) is 2. The number of carbonyl (C=O) groups excluding carboxylic acids is 1. The normalized spacial score (nSPS) is 11.0. The Morgan fingerprint density at radius 3 is 2.52 bits per heavy atom. The van der Waals surface area contributed by atoms with Gasteiger partial charge in [-0.1, -0.05) is 55.3 Å². The average Bonchev–Trinajstić information content (AvgIpc) is 3.25. The molecule has 0 fully saturated rings. The van der Waals surface area contributed by atoms with E-state index in [1.54, 1.807) is 12.4 Å². The summed E-state index contributed by atoms with van der Waals surface area (Å²) in [5.74, 6) is 1.68. The minimum absolute atomic E-state index is 0.225. The molecule has 0 atom stereocenters. The third kappa shape index (κ3) is 4.96. The zero-order valence-corrected chi connectivity index (χ0v) is 16.4. The van der Waals surface area contributed by atoms with Crippen LogP contribution in [0.1, 0.15) is 48.4 Å². The molecule has 0 aliphatic carbocycles. The van der Waals surface area contributed by atoms with Gasteiger partial charge in [-0.15, -0.1) is 0 Å². The van der Waals surface area contributed by atoms with Gasteiger partial charge in [0.15, 0.2) is 17.4 Å². The smallest absolute Gasteiger partial charge is 0.194 e. The van der Waals surface area contributed by atoms with Gasteiger partial charge in [-0.05, 0) is 41.8 Å². The molecule has 0 saturated heterocycles. The van der Waals surface area contributed by atoms with Gasteiger partial charge in [0.05, 0.1) is 6.20 Å². The van der Waals surface area contributed by atoms with Crippen molar-refractivity contribution in [2.24, 2.45) is 0 Å². The molecule has 0 aliphatic heterocycles. The van der Waals surface area contributed by atoms with Crippen molar-refractivity contribution in [2.75, 3.05) is 0 Å². The molecule has 4 nitrogen and oxygen atoms in total. The first-order chi connectivity index (χ1) is 14.3. The van der Waals surface area contributed by atoms with Crippen LogP contribution >= 0.6 is 0 Å². The van der Waals surface area contributed by atoms with Gasteiger partial charge in [0.2, 0.25) is 0 Å². The van der Waals surface area contributed by atoms with Crippen LogP contribution in [0.2, 0.25) is 0 Å². The zero-order valence-electron chi connectivity index (χ0n) is 16.4. The summed E-state index contributed by atoms with van der Waals surface area (Å²) < 4.78 is 5.78. The highest BCUT2D eigenvalue weighted by Gasteiger charge is 2.08. The number of aryl methyl sites for hydroxylation is 1. The summed E-state index contributed by atoms with van der Waals surface area (Å²) in [5, 5.41) is 2.29. The van der Waals surface area contributed by atoms with Crippen molar-refractivity contribution in [3.05, 3.63) is 84.5 Å². The van der Waals surface area contributed by atoms with E-state index < -0.39 is 0 Å². The highest BCUT2D eigenvalue weighted by molar-refractivity contribution is 5.99. The number of unbranched alkanes of at least 4 members (excludes halogenated alkanes) is 3. The van der Waals surface area contributed by atoms with E-state index in [2.05, 4.69) is 16.0 Å². The Balaban J connectivity index is 1.18. The molecule has 0 unspecified atom stereocenters. The molecule has 2 aromatic heterocycles. The number of hydrogen-bond donors (Lipinski definition) is 0. The number of fused-ring (bicyclic) bond motifs is 1. The lowest BCUT2D eigenvalue weighted by molar-refractivity contribution is 0.0979. The maximum absolute atomic E-state index is 12.4. The molecule has 29 heavy (non-hydrogen) atoms. The maximum Gasteiger partial charge on any atom is 0.194 e. The Hall–Kier alpha value is -3.27. The topological polar surface area (TPSA) is 56.0 Å². The number of oxazole rings is 1. The van der Waals surface area contributed by atoms with E-state index in [4.69, 9.17) is 4.42 Å². The number of benzene rings is 2. The molecule has 0 aliphatic rings. The Morgan fingerprint density at radius 2 is 1.66 bits per heavy atom. The molecule has 2 heterocycles. The van der Waals surface area contributed by atoms with Crippen LogP contribution in [0.4, 0.5) is 0 Å². The summed E-state index contributed by atoms with van der Waals surface area (Å²) in [6, 6.07) is 19.8. The largest absolute Gasteiger partial charge is 0.439 e. The molecule has 0 amide bonds. The lowest BCUT2D eigenvalue weighted by Gasteiger charge is -2.04. The van der Waals surface area contributed by atoms with E-state index in [9.17, 15) is 4.79 Å². The number of rotatable bonds is 9. The van der Waals surface area contributed by atoms with E-state index in [1.807, 2.05) is 54.6 Å². The Kier molecular flexibility index (Phi) is 6.10. The Bertz CT molecular complexity index is 1090. The van der Waals surface area contributed by atoms with Crippen LogP contribution < -0.4 is 0 Å². The van der Waals surface area contributed by atoms with Crippen LogP contribution in [-0.4, -0.2) is 15.8 Å². The number of hydrogen-bond acceptors (Lipinski definition) is 4. The lowest BCUT2D eigenvalue weighted by Crippen LogP contribution is -1.99. The van der Waals surface area contributed by atoms with Crippen molar-refractivity contribution < 1.29 is 9.21 Å². The average molecular weight is 384 g/mol. The first kappa shape index (κ1) is 19.1. The predicted molar refractivity (Wildman–Crippen MR) is 115 cm³/mol. The number of pyridine rings is 1. The molecule has 0 spiro atoms. The summed E-state index contributed by atoms with van der Waals surface area (Å²) in [4.78, 5) is 21.1. The van der Waals surface area contributed by atoms with Crippen molar-refractivity contribution in [2.45, 2.75) is 38.5 Å². The summed E-state index contributed by atoms with van der Waals surface area (Å²) in [5.41, 5.74) is 1.61. The second kappa shape index (κ2) is 9.28. The van der Waals surface area contributed by atoms with Gasteiger partial charge in [-0.25, -0.2) is 4.98 Å². The van der Waals surface area contributed by atoms with Gasteiger partial charge in [0.25, 0.3) is 0 Å². The number of Topliss-reactive ketones (excluding diaryl/α,β-unsaturated/α-hetero) is 1. The standard InChI is InChI=1S/C25H24N2O2/c28-23(21-15-14-19-9-5-6-10-20(19)17-21)12-3-1-2-4-13-25-27-18-24(29-25)22-11-7-8-16-26-22/h5-11,14-18H,1-4,12-13H2. The van der Waals surface area contributed by atoms with Crippen LogP contribution in [-0.2, 0) is 6.42 Å². The Morgan fingerprint density at radius 1 is 0.828 bits per heavy atom.